The van der Waals surface area contributed by atoms with E-state index in [4.69, 9.17) is 9.47 Å². The fourth-order valence-corrected chi connectivity index (χ4v) is 3.97. The number of aromatic nitrogens is 1. The molecule has 6 nitrogen and oxygen atoms in total. The summed E-state index contributed by atoms with van der Waals surface area (Å²) in [5.74, 6) is 0.983. The number of para-hydroxylation sites is 1. The molecule has 1 heterocycles. The molecule has 0 spiro atoms. The standard InChI is InChI=1S/C27H34N2O4/c1-5-6-15-28(2)18-22(30)19-29-17-21(23-9-7-8-10-24(23)29)11-13-25(31)20-12-14-26(32-3)27(16-20)33-4/h7-14,16-17,22,30H,5-6,15,18-19H2,1-4H3/b13-11+/t22-/m1/s1. The molecule has 0 aliphatic heterocycles. The van der Waals surface area contributed by atoms with Crippen molar-refractivity contribution in [2.45, 2.75) is 32.4 Å². The van der Waals surface area contributed by atoms with Gasteiger partial charge in [0.15, 0.2) is 17.3 Å². The number of methoxy groups -OCH3 is 2. The smallest absolute Gasteiger partial charge is 0.185 e. The predicted octanol–water partition coefficient (Wildman–Crippen LogP) is 4.65. The molecule has 33 heavy (non-hydrogen) atoms. The van der Waals surface area contributed by atoms with Gasteiger partial charge in [0.05, 0.1) is 20.3 Å². The van der Waals surface area contributed by atoms with Crippen molar-refractivity contribution in [1.29, 1.82) is 0 Å². The zero-order chi connectivity index (χ0) is 23.8. The van der Waals surface area contributed by atoms with Crippen LogP contribution >= 0.6 is 0 Å². The van der Waals surface area contributed by atoms with Gasteiger partial charge in [0.1, 0.15) is 0 Å². The number of aliphatic hydroxyl groups is 1. The normalized spacial score (nSPS) is 12.5. The summed E-state index contributed by atoms with van der Waals surface area (Å²) in [5.41, 5.74) is 2.50. The lowest BCUT2D eigenvalue weighted by Gasteiger charge is -2.21. The van der Waals surface area contributed by atoms with Crippen LogP contribution in [0.4, 0.5) is 0 Å². The minimum Gasteiger partial charge on any atom is -0.493 e. The highest BCUT2D eigenvalue weighted by atomic mass is 16.5. The SMILES string of the molecule is CCCCN(C)C[C@@H](O)Cn1cc(/C=C/C(=O)c2ccc(OC)c(OC)c2)c2ccccc21. The zero-order valence-corrected chi connectivity index (χ0v) is 20.0. The van der Waals surface area contributed by atoms with E-state index in [2.05, 4.69) is 16.4 Å². The number of benzene rings is 2. The monoisotopic (exact) mass is 450 g/mol. The van der Waals surface area contributed by atoms with E-state index in [9.17, 15) is 9.90 Å². The van der Waals surface area contributed by atoms with E-state index in [0.29, 0.717) is 30.2 Å². The molecule has 176 valence electrons. The molecule has 0 aliphatic rings. The summed E-state index contributed by atoms with van der Waals surface area (Å²) in [7, 11) is 5.16. The number of likely N-dealkylation sites (N-methyl/N-ethyl adjacent to an activating group) is 1. The molecule has 0 radical (unpaired) electrons. The second-order valence-electron chi connectivity index (χ2n) is 8.29. The first kappa shape index (κ1) is 24.6. The number of aliphatic hydroxyl groups excluding tert-OH is 1. The molecule has 0 unspecified atom stereocenters. The van der Waals surface area contributed by atoms with Gasteiger partial charge in [-0.25, -0.2) is 0 Å². The van der Waals surface area contributed by atoms with Gasteiger partial charge in [0.2, 0.25) is 0 Å². The Morgan fingerprint density at radius 1 is 1.15 bits per heavy atom. The molecule has 3 rings (SSSR count). The third-order valence-corrected chi connectivity index (χ3v) is 5.72. The van der Waals surface area contributed by atoms with E-state index in [1.54, 1.807) is 38.5 Å². The van der Waals surface area contributed by atoms with Crippen LogP contribution < -0.4 is 9.47 Å². The van der Waals surface area contributed by atoms with Crippen molar-refractivity contribution in [2.24, 2.45) is 0 Å². The molecule has 0 aliphatic carbocycles. The maximum absolute atomic E-state index is 12.8. The van der Waals surface area contributed by atoms with Gasteiger partial charge in [-0.1, -0.05) is 31.5 Å². The molecule has 1 aromatic heterocycles. The van der Waals surface area contributed by atoms with Crippen LogP contribution in [0.15, 0.2) is 54.7 Å². The second-order valence-corrected chi connectivity index (χ2v) is 8.29. The topological polar surface area (TPSA) is 63.9 Å². The van der Waals surface area contributed by atoms with Gasteiger partial charge < -0.3 is 24.0 Å². The average molecular weight is 451 g/mol. The van der Waals surface area contributed by atoms with Gasteiger partial charge in [-0.15, -0.1) is 0 Å². The van der Waals surface area contributed by atoms with Gasteiger partial charge >= 0.3 is 0 Å². The summed E-state index contributed by atoms with van der Waals surface area (Å²) in [6, 6.07) is 13.2. The van der Waals surface area contributed by atoms with E-state index in [-0.39, 0.29) is 5.78 Å². The largest absolute Gasteiger partial charge is 0.493 e. The number of ether oxygens (including phenoxy) is 2. The van der Waals surface area contributed by atoms with Crippen LogP contribution in [0.5, 0.6) is 11.5 Å². The molecule has 6 heteroatoms. The van der Waals surface area contributed by atoms with E-state index in [0.717, 1.165) is 35.9 Å². The van der Waals surface area contributed by atoms with Gasteiger partial charge in [0, 0.05) is 41.3 Å². The van der Waals surface area contributed by atoms with E-state index >= 15 is 0 Å². The number of nitrogens with zero attached hydrogens (tertiary/aromatic N) is 2. The number of unbranched alkanes of at least 4 members (excludes halogenated alkanes) is 1. The number of allylic oxidation sites excluding steroid dienone is 1. The molecule has 1 atom stereocenters. The molecular weight excluding hydrogens is 416 g/mol. The summed E-state index contributed by atoms with van der Waals surface area (Å²) >= 11 is 0. The number of carbonyl (C=O) groups excluding carboxylic acids is 1. The number of hydrogen-bond donors (Lipinski definition) is 1. The number of ketones is 1. The zero-order valence-electron chi connectivity index (χ0n) is 20.0. The summed E-state index contributed by atoms with van der Waals surface area (Å²) < 4.78 is 12.6. The van der Waals surface area contributed by atoms with Crippen molar-refractivity contribution in [3.05, 3.63) is 65.9 Å². The Balaban J connectivity index is 1.79. The number of rotatable bonds is 12. The van der Waals surface area contributed by atoms with Crippen LogP contribution in [0.25, 0.3) is 17.0 Å². The Bertz CT molecular complexity index is 1100. The van der Waals surface area contributed by atoms with Crippen LogP contribution in [0.2, 0.25) is 0 Å². The molecular formula is C27H34N2O4. The van der Waals surface area contributed by atoms with Crippen molar-refractivity contribution >= 4 is 22.8 Å². The quantitative estimate of drug-likeness (QED) is 0.322. The summed E-state index contributed by atoms with van der Waals surface area (Å²) in [6.45, 7) is 4.26. The Kier molecular flexibility index (Phi) is 8.69. The van der Waals surface area contributed by atoms with Crippen LogP contribution in [0.1, 0.15) is 35.7 Å². The van der Waals surface area contributed by atoms with Crippen LogP contribution in [-0.4, -0.2) is 60.8 Å². The maximum Gasteiger partial charge on any atom is 0.185 e. The van der Waals surface area contributed by atoms with Crippen molar-refractivity contribution in [1.82, 2.24) is 9.47 Å². The van der Waals surface area contributed by atoms with Crippen molar-refractivity contribution in [3.8, 4) is 11.5 Å². The molecule has 3 aromatic rings. The van der Waals surface area contributed by atoms with E-state index in [1.165, 1.54) is 0 Å². The Morgan fingerprint density at radius 2 is 1.91 bits per heavy atom. The molecule has 2 aromatic carbocycles. The van der Waals surface area contributed by atoms with Crippen LogP contribution in [-0.2, 0) is 6.54 Å². The number of hydrogen-bond acceptors (Lipinski definition) is 5. The van der Waals surface area contributed by atoms with Gasteiger partial charge in [-0.2, -0.15) is 0 Å². The van der Waals surface area contributed by atoms with Gasteiger partial charge in [-0.05, 0) is 56.4 Å². The Labute approximate surface area is 196 Å². The van der Waals surface area contributed by atoms with Gasteiger partial charge in [-0.3, -0.25) is 4.79 Å². The molecule has 1 N–H and O–H groups in total. The summed E-state index contributed by atoms with van der Waals surface area (Å²) in [5, 5.41) is 11.7. The first-order chi connectivity index (χ1) is 16.0. The van der Waals surface area contributed by atoms with E-state index < -0.39 is 6.10 Å². The molecule has 0 saturated carbocycles. The van der Waals surface area contributed by atoms with Gasteiger partial charge in [0.25, 0.3) is 0 Å². The Morgan fingerprint density at radius 3 is 2.64 bits per heavy atom. The highest BCUT2D eigenvalue weighted by Crippen LogP contribution is 2.28. The minimum absolute atomic E-state index is 0.120. The number of fused-ring (bicyclic) bond motifs is 1. The summed E-state index contributed by atoms with van der Waals surface area (Å²) in [6.07, 6.45) is 7.19. The third kappa shape index (κ3) is 6.24. The van der Waals surface area contributed by atoms with Crippen molar-refractivity contribution in [2.75, 3.05) is 34.4 Å². The fourth-order valence-electron chi connectivity index (χ4n) is 3.97. The molecule has 0 bridgehead atoms. The fraction of sp³-hybridized carbons (Fsp3) is 0.370. The predicted molar refractivity (Wildman–Crippen MR) is 133 cm³/mol. The first-order valence-corrected chi connectivity index (χ1v) is 11.4. The average Bonchev–Trinajstić information content (AvgIpc) is 3.17. The molecule has 0 amide bonds. The lowest BCUT2D eigenvalue weighted by atomic mass is 10.1. The highest BCUT2D eigenvalue weighted by Gasteiger charge is 2.13. The van der Waals surface area contributed by atoms with Crippen LogP contribution in [0, 0.1) is 0 Å². The van der Waals surface area contributed by atoms with Crippen molar-refractivity contribution < 1.29 is 19.4 Å². The Hall–Kier alpha value is -3.09. The molecule has 0 saturated heterocycles. The second kappa shape index (κ2) is 11.7. The van der Waals surface area contributed by atoms with Crippen molar-refractivity contribution in [3.63, 3.8) is 0 Å². The number of carbonyl (C=O) groups is 1. The lowest BCUT2D eigenvalue weighted by Crippen LogP contribution is -2.32. The highest BCUT2D eigenvalue weighted by molar-refractivity contribution is 6.08. The maximum atomic E-state index is 12.8. The minimum atomic E-state index is -0.479. The summed E-state index contributed by atoms with van der Waals surface area (Å²) in [4.78, 5) is 14.9. The van der Waals surface area contributed by atoms with E-state index in [1.807, 2.05) is 43.6 Å². The van der Waals surface area contributed by atoms with Crippen LogP contribution in [0.3, 0.4) is 0 Å². The molecule has 0 fully saturated rings. The third-order valence-electron chi connectivity index (χ3n) is 5.72. The first-order valence-electron chi connectivity index (χ1n) is 11.4. The lowest BCUT2D eigenvalue weighted by molar-refractivity contribution is 0.104.